The minimum atomic E-state index is 0.728. The maximum absolute atomic E-state index is 4.68. The van der Waals surface area contributed by atoms with Crippen molar-refractivity contribution in [1.29, 1.82) is 0 Å². The summed E-state index contributed by atoms with van der Waals surface area (Å²) in [5.74, 6) is 4.18. The molecule has 0 amide bonds. The number of hydrogen-bond acceptors (Lipinski definition) is 5. The first-order valence-corrected chi connectivity index (χ1v) is 8.70. The van der Waals surface area contributed by atoms with Gasteiger partial charge in [-0.05, 0) is 31.9 Å². The second-order valence-electron chi connectivity index (χ2n) is 5.33. The lowest BCUT2D eigenvalue weighted by Gasteiger charge is -2.22. The predicted octanol–water partition coefficient (Wildman–Crippen LogP) is 3.48. The van der Waals surface area contributed by atoms with Crippen molar-refractivity contribution >= 4 is 23.4 Å². The standard InChI is InChI=1S/C15H26N4S/c1-4-7-13-18-14(16-3)11(2)15(19-13)17-10-12-8-5-6-9-20-12/h12H,4-10H2,1-3H3,(H2,16,17,18,19). The zero-order valence-corrected chi connectivity index (χ0v) is 13.6. The third-order valence-corrected chi connectivity index (χ3v) is 5.07. The Balaban J connectivity index is 2.06. The van der Waals surface area contributed by atoms with Gasteiger partial charge in [0.15, 0.2) is 0 Å². The van der Waals surface area contributed by atoms with Crippen molar-refractivity contribution in [2.75, 3.05) is 30.0 Å². The highest BCUT2D eigenvalue weighted by atomic mass is 32.2. The van der Waals surface area contributed by atoms with Crippen LogP contribution in [0.25, 0.3) is 0 Å². The van der Waals surface area contributed by atoms with E-state index in [1.54, 1.807) is 0 Å². The zero-order valence-electron chi connectivity index (χ0n) is 12.8. The molecule has 2 N–H and O–H groups in total. The molecule has 0 spiro atoms. The minimum absolute atomic E-state index is 0.728. The van der Waals surface area contributed by atoms with E-state index in [0.29, 0.717) is 0 Å². The predicted molar refractivity (Wildman–Crippen MR) is 88.9 cm³/mol. The van der Waals surface area contributed by atoms with Crippen LogP contribution in [0.15, 0.2) is 0 Å². The molecule has 0 saturated carbocycles. The van der Waals surface area contributed by atoms with Crippen LogP contribution in [0.4, 0.5) is 11.6 Å². The zero-order chi connectivity index (χ0) is 14.4. The Morgan fingerprint density at radius 1 is 1.25 bits per heavy atom. The van der Waals surface area contributed by atoms with E-state index in [0.717, 1.165) is 47.7 Å². The Morgan fingerprint density at radius 3 is 2.70 bits per heavy atom. The summed E-state index contributed by atoms with van der Waals surface area (Å²) in [6, 6.07) is 0. The second-order valence-corrected chi connectivity index (χ2v) is 6.74. The summed E-state index contributed by atoms with van der Waals surface area (Å²) in [6.07, 6.45) is 6.07. The Morgan fingerprint density at radius 2 is 2.05 bits per heavy atom. The fourth-order valence-electron chi connectivity index (χ4n) is 2.49. The lowest BCUT2D eigenvalue weighted by Crippen LogP contribution is -2.21. The molecule has 0 radical (unpaired) electrons. The summed E-state index contributed by atoms with van der Waals surface area (Å²) in [5, 5.41) is 7.45. The average Bonchev–Trinajstić information content (AvgIpc) is 2.48. The van der Waals surface area contributed by atoms with Crippen LogP contribution >= 0.6 is 11.8 Å². The maximum atomic E-state index is 4.68. The van der Waals surface area contributed by atoms with Crippen LogP contribution in [0, 0.1) is 6.92 Å². The highest BCUT2D eigenvalue weighted by Crippen LogP contribution is 2.26. The van der Waals surface area contributed by atoms with Gasteiger partial charge in [0.05, 0.1) is 0 Å². The molecule has 1 fully saturated rings. The van der Waals surface area contributed by atoms with E-state index in [1.165, 1.54) is 25.0 Å². The number of rotatable bonds is 6. The van der Waals surface area contributed by atoms with E-state index < -0.39 is 0 Å². The quantitative estimate of drug-likeness (QED) is 0.841. The van der Waals surface area contributed by atoms with Crippen molar-refractivity contribution in [3.05, 3.63) is 11.4 Å². The van der Waals surface area contributed by atoms with Crippen LogP contribution in [-0.2, 0) is 6.42 Å². The number of thioether (sulfide) groups is 1. The molecule has 1 saturated heterocycles. The molecule has 2 rings (SSSR count). The first kappa shape index (κ1) is 15.4. The Hall–Kier alpha value is -0.970. The van der Waals surface area contributed by atoms with Crippen LogP contribution in [0.1, 0.15) is 44.0 Å². The van der Waals surface area contributed by atoms with Crippen LogP contribution in [0.2, 0.25) is 0 Å². The Labute approximate surface area is 126 Å². The van der Waals surface area contributed by atoms with Crippen molar-refractivity contribution in [3.8, 4) is 0 Å². The molecular formula is C15H26N4S. The molecule has 5 heteroatoms. The molecule has 1 aliphatic heterocycles. The normalized spacial score (nSPS) is 18.9. The molecule has 1 aromatic rings. The van der Waals surface area contributed by atoms with Crippen LogP contribution < -0.4 is 10.6 Å². The molecule has 0 bridgehead atoms. The lowest BCUT2D eigenvalue weighted by molar-refractivity contribution is 0.676. The number of hydrogen-bond donors (Lipinski definition) is 2. The smallest absolute Gasteiger partial charge is 0.134 e. The van der Waals surface area contributed by atoms with Crippen molar-refractivity contribution in [2.45, 2.75) is 51.2 Å². The number of aromatic nitrogens is 2. The first-order chi connectivity index (χ1) is 9.74. The summed E-state index contributed by atoms with van der Waals surface area (Å²) in [4.78, 5) is 9.25. The third kappa shape index (κ3) is 4.01. The average molecular weight is 294 g/mol. The lowest BCUT2D eigenvalue weighted by atomic mass is 10.2. The number of anilines is 2. The van der Waals surface area contributed by atoms with E-state index >= 15 is 0 Å². The molecule has 2 heterocycles. The van der Waals surface area contributed by atoms with Gasteiger partial charge in [0.25, 0.3) is 0 Å². The third-order valence-electron chi connectivity index (χ3n) is 3.67. The van der Waals surface area contributed by atoms with Crippen LogP contribution in [0.5, 0.6) is 0 Å². The SMILES string of the molecule is CCCc1nc(NC)c(C)c(NCC2CCCCS2)n1. The van der Waals surface area contributed by atoms with Gasteiger partial charge >= 0.3 is 0 Å². The number of nitrogens with one attached hydrogen (secondary N) is 2. The van der Waals surface area contributed by atoms with Gasteiger partial charge in [-0.1, -0.05) is 13.3 Å². The summed E-state index contributed by atoms with van der Waals surface area (Å²) in [5.41, 5.74) is 1.12. The molecule has 0 aliphatic carbocycles. The topological polar surface area (TPSA) is 49.8 Å². The molecule has 20 heavy (non-hydrogen) atoms. The van der Waals surface area contributed by atoms with Gasteiger partial charge in [0.1, 0.15) is 17.5 Å². The molecule has 1 aliphatic rings. The van der Waals surface area contributed by atoms with Gasteiger partial charge in [-0.2, -0.15) is 11.8 Å². The van der Waals surface area contributed by atoms with Crippen molar-refractivity contribution in [1.82, 2.24) is 9.97 Å². The summed E-state index contributed by atoms with van der Waals surface area (Å²) in [7, 11) is 1.92. The van der Waals surface area contributed by atoms with Gasteiger partial charge in [-0.25, -0.2) is 9.97 Å². The molecule has 1 atom stereocenters. The Bertz CT molecular complexity index is 430. The van der Waals surface area contributed by atoms with E-state index in [9.17, 15) is 0 Å². The van der Waals surface area contributed by atoms with Gasteiger partial charge in [0, 0.05) is 30.8 Å². The number of nitrogens with zero attached hydrogens (tertiary/aromatic N) is 2. The van der Waals surface area contributed by atoms with E-state index in [4.69, 9.17) is 0 Å². The first-order valence-electron chi connectivity index (χ1n) is 7.65. The van der Waals surface area contributed by atoms with E-state index in [2.05, 4.69) is 46.2 Å². The van der Waals surface area contributed by atoms with Gasteiger partial charge in [0.2, 0.25) is 0 Å². The highest BCUT2D eigenvalue weighted by Gasteiger charge is 2.15. The monoisotopic (exact) mass is 294 g/mol. The second kappa shape index (κ2) is 7.72. The molecule has 4 nitrogen and oxygen atoms in total. The van der Waals surface area contributed by atoms with Crippen molar-refractivity contribution in [3.63, 3.8) is 0 Å². The fraction of sp³-hybridized carbons (Fsp3) is 0.733. The summed E-state index contributed by atoms with van der Waals surface area (Å²) < 4.78 is 0. The Kier molecular flexibility index (Phi) is 5.95. The van der Waals surface area contributed by atoms with Crippen LogP contribution in [-0.4, -0.2) is 34.6 Å². The highest BCUT2D eigenvalue weighted by molar-refractivity contribution is 7.99. The van der Waals surface area contributed by atoms with Gasteiger partial charge in [-0.15, -0.1) is 0 Å². The van der Waals surface area contributed by atoms with Crippen LogP contribution in [0.3, 0.4) is 0 Å². The van der Waals surface area contributed by atoms with E-state index in [1.807, 2.05) is 7.05 Å². The number of aryl methyl sites for hydroxylation is 1. The fourth-order valence-corrected chi connectivity index (χ4v) is 3.73. The van der Waals surface area contributed by atoms with E-state index in [-0.39, 0.29) is 0 Å². The molecule has 1 aromatic heterocycles. The summed E-state index contributed by atoms with van der Waals surface area (Å²) >= 11 is 2.09. The molecule has 112 valence electrons. The molecular weight excluding hydrogens is 268 g/mol. The molecule has 1 unspecified atom stereocenters. The minimum Gasteiger partial charge on any atom is -0.373 e. The van der Waals surface area contributed by atoms with Gasteiger partial charge in [-0.3, -0.25) is 0 Å². The summed E-state index contributed by atoms with van der Waals surface area (Å²) in [6.45, 7) is 5.25. The van der Waals surface area contributed by atoms with Crippen molar-refractivity contribution in [2.24, 2.45) is 0 Å². The molecule has 0 aromatic carbocycles. The van der Waals surface area contributed by atoms with Gasteiger partial charge < -0.3 is 10.6 Å². The largest absolute Gasteiger partial charge is 0.373 e. The maximum Gasteiger partial charge on any atom is 0.134 e. The van der Waals surface area contributed by atoms with Crippen molar-refractivity contribution < 1.29 is 0 Å².